The van der Waals surface area contributed by atoms with E-state index >= 15 is 0 Å². The van der Waals surface area contributed by atoms with Gasteiger partial charge in [0.1, 0.15) is 0 Å². The quantitative estimate of drug-likeness (QED) is 0.728. The molecule has 0 saturated heterocycles. The Morgan fingerprint density at radius 2 is 1.79 bits per heavy atom. The van der Waals surface area contributed by atoms with E-state index in [4.69, 9.17) is 10.2 Å². The lowest BCUT2D eigenvalue weighted by Gasteiger charge is -2.24. The summed E-state index contributed by atoms with van der Waals surface area (Å²) in [5.41, 5.74) is -0.0995. The molecule has 1 amide bonds. The van der Waals surface area contributed by atoms with Crippen molar-refractivity contribution in [2.45, 2.75) is 20.3 Å². The number of aliphatic hydroxyl groups excluding tert-OH is 1. The molecule has 5 nitrogen and oxygen atoms in total. The average Bonchev–Trinajstić information content (AvgIpc) is 2.36. The van der Waals surface area contributed by atoms with Gasteiger partial charge in [0.2, 0.25) is 0 Å². The summed E-state index contributed by atoms with van der Waals surface area (Å²) in [7, 11) is 0. The van der Waals surface area contributed by atoms with Gasteiger partial charge in [0.25, 0.3) is 5.91 Å². The third kappa shape index (κ3) is 4.37. The minimum atomic E-state index is -1.12. The van der Waals surface area contributed by atoms with E-state index in [1.807, 2.05) is 13.8 Å². The molecule has 0 radical (unpaired) electrons. The highest BCUT2D eigenvalue weighted by molar-refractivity contribution is 6.04. The number of aliphatic hydroxyl groups is 1. The van der Waals surface area contributed by atoms with Gasteiger partial charge in [-0.15, -0.1) is 0 Å². The summed E-state index contributed by atoms with van der Waals surface area (Å²) >= 11 is 0. The first kappa shape index (κ1) is 15.2. The number of carboxylic acids is 1. The smallest absolute Gasteiger partial charge is 0.336 e. The van der Waals surface area contributed by atoms with E-state index in [0.717, 1.165) is 0 Å². The summed E-state index contributed by atoms with van der Waals surface area (Å²) in [6, 6.07) is 6.09. The van der Waals surface area contributed by atoms with Gasteiger partial charge in [-0.3, -0.25) is 4.79 Å². The molecule has 19 heavy (non-hydrogen) atoms. The predicted octanol–water partition coefficient (Wildman–Crippen LogP) is 1.52. The number of rotatable bonds is 6. The van der Waals surface area contributed by atoms with E-state index in [2.05, 4.69) is 5.32 Å². The number of carboxylic acid groups (broad SMARTS) is 1. The van der Waals surface area contributed by atoms with Crippen molar-refractivity contribution in [2.75, 3.05) is 13.2 Å². The molecule has 0 aromatic heterocycles. The topological polar surface area (TPSA) is 86.6 Å². The van der Waals surface area contributed by atoms with Crippen molar-refractivity contribution in [3.63, 3.8) is 0 Å². The summed E-state index contributed by atoms with van der Waals surface area (Å²) in [5.74, 6) is -1.54. The standard InChI is InChI=1S/C14H19NO4/c1-14(2,7-8-16)9-15-12(17)10-5-3-4-6-11(10)13(18)19/h3-6,16H,7-9H2,1-2H3,(H,15,17)(H,18,19). The Balaban J connectivity index is 2.77. The van der Waals surface area contributed by atoms with E-state index in [1.54, 1.807) is 12.1 Å². The number of nitrogens with one attached hydrogen (secondary N) is 1. The molecule has 3 N–H and O–H groups in total. The number of carbonyl (C=O) groups excluding carboxylic acids is 1. The fourth-order valence-corrected chi connectivity index (χ4v) is 1.67. The second-order valence-corrected chi connectivity index (χ2v) is 5.17. The van der Waals surface area contributed by atoms with Gasteiger partial charge in [-0.2, -0.15) is 0 Å². The molecule has 5 heteroatoms. The van der Waals surface area contributed by atoms with Crippen molar-refractivity contribution in [1.82, 2.24) is 5.32 Å². The summed E-state index contributed by atoms with van der Waals surface area (Å²) in [4.78, 5) is 23.0. The lowest BCUT2D eigenvalue weighted by Crippen LogP contribution is -2.35. The Hall–Kier alpha value is -1.88. The fourth-order valence-electron chi connectivity index (χ4n) is 1.67. The number of hydrogen-bond acceptors (Lipinski definition) is 3. The largest absolute Gasteiger partial charge is 0.478 e. The van der Waals surface area contributed by atoms with Gasteiger partial charge in [-0.25, -0.2) is 4.79 Å². The lowest BCUT2D eigenvalue weighted by atomic mass is 9.89. The summed E-state index contributed by atoms with van der Waals surface area (Å²) in [6.07, 6.45) is 0.563. The zero-order chi connectivity index (χ0) is 14.5. The van der Waals surface area contributed by atoms with Crippen LogP contribution in [0.15, 0.2) is 24.3 Å². The van der Waals surface area contributed by atoms with Crippen molar-refractivity contribution in [3.8, 4) is 0 Å². The molecule has 0 fully saturated rings. The second-order valence-electron chi connectivity index (χ2n) is 5.17. The molecule has 1 rings (SSSR count). The molecule has 0 unspecified atom stereocenters. The van der Waals surface area contributed by atoms with Crippen molar-refractivity contribution in [3.05, 3.63) is 35.4 Å². The molecule has 1 aromatic carbocycles. The third-order valence-corrected chi connectivity index (χ3v) is 2.92. The maximum atomic E-state index is 12.0. The van der Waals surface area contributed by atoms with Crippen LogP contribution in [0.2, 0.25) is 0 Å². The Labute approximate surface area is 112 Å². The average molecular weight is 265 g/mol. The van der Waals surface area contributed by atoms with Crippen LogP contribution in [0.4, 0.5) is 0 Å². The number of benzene rings is 1. The zero-order valence-electron chi connectivity index (χ0n) is 11.1. The predicted molar refractivity (Wildman–Crippen MR) is 71.2 cm³/mol. The van der Waals surface area contributed by atoms with Crippen LogP contribution in [0.5, 0.6) is 0 Å². The first-order valence-corrected chi connectivity index (χ1v) is 6.09. The van der Waals surface area contributed by atoms with Gasteiger partial charge in [-0.05, 0) is 24.0 Å². The van der Waals surface area contributed by atoms with Crippen LogP contribution >= 0.6 is 0 Å². The normalized spacial score (nSPS) is 11.1. The lowest BCUT2D eigenvalue weighted by molar-refractivity contribution is 0.0690. The second kappa shape index (κ2) is 6.33. The molecular weight excluding hydrogens is 246 g/mol. The summed E-state index contributed by atoms with van der Waals surface area (Å²) < 4.78 is 0. The first-order chi connectivity index (χ1) is 8.87. The van der Waals surface area contributed by atoms with E-state index < -0.39 is 11.9 Å². The van der Waals surface area contributed by atoms with Crippen molar-refractivity contribution < 1.29 is 19.8 Å². The zero-order valence-corrected chi connectivity index (χ0v) is 11.1. The maximum absolute atomic E-state index is 12.0. The summed E-state index contributed by atoms with van der Waals surface area (Å²) in [6.45, 7) is 4.27. The van der Waals surface area contributed by atoms with Crippen LogP contribution in [-0.2, 0) is 0 Å². The minimum Gasteiger partial charge on any atom is -0.478 e. The molecule has 0 aliphatic heterocycles. The van der Waals surface area contributed by atoms with Crippen LogP contribution in [0.3, 0.4) is 0 Å². The summed E-state index contributed by atoms with van der Waals surface area (Å²) in [5, 5.41) is 20.6. The van der Waals surface area contributed by atoms with Gasteiger partial charge < -0.3 is 15.5 Å². The van der Waals surface area contributed by atoms with Crippen LogP contribution < -0.4 is 5.32 Å². The molecule has 0 saturated carbocycles. The molecule has 0 atom stereocenters. The van der Waals surface area contributed by atoms with E-state index in [1.165, 1.54) is 12.1 Å². The highest BCUT2D eigenvalue weighted by Crippen LogP contribution is 2.18. The first-order valence-electron chi connectivity index (χ1n) is 6.09. The monoisotopic (exact) mass is 265 g/mol. The SMILES string of the molecule is CC(C)(CCO)CNC(=O)c1ccccc1C(=O)O. The van der Waals surface area contributed by atoms with Crippen LogP contribution in [0.1, 0.15) is 41.0 Å². The van der Waals surface area contributed by atoms with Gasteiger partial charge in [0, 0.05) is 13.2 Å². The van der Waals surface area contributed by atoms with E-state index in [-0.39, 0.29) is 23.1 Å². The minimum absolute atomic E-state index is 0.0139. The van der Waals surface area contributed by atoms with E-state index in [0.29, 0.717) is 13.0 Å². The number of hydrogen-bond donors (Lipinski definition) is 3. The molecule has 104 valence electrons. The van der Waals surface area contributed by atoms with Crippen molar-refractivity contribution in [1.29, 1.82) is 0 Å². The Kier molecular flexibility index (Phi) is 5.06. The molecule has 0 spiro atoms. The highest BCUT2D eigenvalue weighted by Gasteiger charge is 2.20. The van der Waals surface area contributed by atoms with Gasteiger partial charge in [0.15, 0.2) is 0 Å². The Bertz CT molecular complexity index is 468. The third-order valence-electron chi connectivity index (χ3n) is 2.92. The Morgan fingerprint density at radius 3 is 2.32 bits per heavy atom. The molecule has 0 aliphatic carbocycles. The molecule has 1 aromatic rings. The fraction of sp³-hybridized carbons (Fsp3) is 0.429. The van der Waals surface area contributed by atoms with Crippen molar-refractivity contribution >= 4 is 11.9 Å². The van der Waals surface area contributed by atoms with Gasteiger partial charge >= 0.3 is 5.97 Å². The van der Waals surface area contributed by atoms with Crippen LogP contribution in [-0.4, -0.2) is 35.2 Å². The van der Waals surface area contributed by atoms with E-state index in [9.17, 15) is 9.59 Å². The number of carbonyl (C=O) groups is 2. The molecule has 0 bridgehead atoms. The molecular formula is C14H19NO4. The van der Waals surface area contributed by atoms with Gasteiger partial charge in [-0.1, -0.05) is 26.0 Å². The maximum Gasteiger partial charge on any atom is 0.336 e. The van der Waals surface area contributed by atoms with Gasteiger partial charge in [0.05, 0.1) is 11.1 Å². The Morgan fingerprint density at radius 1 is 1.21 bits per heavy atom. The molecule has 0 heterocycles. The molecule has 0 aliphatic rings. The number of amides is 1. The highest BCUT2D eigenvalue weighted by atomic mass is 16.4. The number of aromatic carboxylic acids is 1. The van der Waals surface area contributed by atoms with Crippen LogP contribution in [0.25, 0.3) is 0 Å². The van der Waals surface area contributed by atoms with Crippen molar-refractivity contribution in [2.24, 2.45) is 5.41 Å². The van der Waals surface area contributed by atoms with Crippen LogP contribution in [0, 0.1) is 5.41 Å².